The lowest BCUT2D eigenvalue weighted by Crippen LogP contribution is -2.17. The molecule has 30 heavy (non-hydrogen) atoms. The molecule has 1 aliphatic rings. The van der Waals surface area contributed by atoms with Crippen molar-refractivity contribution >= 4 is 52.2 Å². The Morgan fingerprint density at radius 2 is 1.77 bits per heavy atom. The van der Waals surface area contributed by atoms with Gasteiger partial charge in [-0.3, -0.25) is 14.9 Å². The second-order valence-corrected chi connectivity index (χ2v) is 8.36. The van der Waals surface area contributed by atoms with E-state index in [-0.39, 0.29) is 11.1 Å². The van der Waals surface area contributed by atoms with Gasteiger partial charge in [0.2, 0.25) is 0 Å². The van der Waals surface area contributed by atoms with Gasteiger partial charge in [0, 0.05) is 12.0 Å². The third-order valence-electron chi connectivity index (χ3n) is 4.29. The molecule has 0 aliphatic carbocycles. The molecule has 2 aromatic carbocycles. The van der Waals surface area contributed by atoms with Crippen molar-refractivity contribution in [3.8, 4) is 11.5 Å². The average molecular weight is 466 g/mol. The highest BCUT2D eigenvalue weighted by Gasteiger charge is 2.24. The fourth-order valence-electron chi connectivity index (χ4n) is 2.86. The van der Waals surface area contributed by atoms with Crippen LogP contribution < -0.4 is 14.8 Å². The Balaban J connectivity index is 1.46. The largest absolute Gasteiger partial charge is 0.493 e. The summed E-state index contributed by atoms with van der Waals surface area (Å²) in [5.41, 5.74) is 1.76. The Morgan fingerprint density at radius 1 is 1.03 bits per heavy atom. The minimum Gasteiger partial charge on any atom is -0.493 e. The summed E-state index contributed by atoms with van der Waals surface area (Å²) >= 11 is 13.3. The van der Waals surface area contributed by atoms with Gasteiger partial charge in [-0.05, 0) is 54.1 Å². The average Bonchev–Trinajstić information content (AvgIpc) is 3.04. The van der Waals surface area contributed by atoms with Crippen molar-refractivity contribution in [3.63, 3.8) is 0 Å². The molecule has 0 aromatic heterocycles. The number of hydrogen-bond acceptors (Lipinski definition) is 5. The van der Waals surface area contributed by atoms with Gasteiger partial charge in [-0.2, -0.15) is 0 Å². The summed E-state index contributed by atoms with van der Waals surface area (Å²) in [5.74, 6) is 1.11. The molecule has 1 N–H and O–H groups in total. The van der Waals surface area contributed by atoms with Crippen molar-refractivity contribution in [3.05, 3.63) is 62.5 Å². The van der Waals surface area contributed by atoms with Crippen LogP contribution in [-0.2, 0) is 11.2 Å². The standard InChI is InChI=1S/C22H21Cl2NO4S/c1-2-4-16-18(10-9-17(23)20(16)24)29-12-3-11-28-15-7-5-14(6-8-15)13-19-21(26)25-22(27)30-19/h5-10,13H,2-4,11-12H2,1H3,(H,25,26,27)/b19-13+. The number of carbonyl (C=O) groups excluding carboxylic acids is 2. The van der Waals surface area contributed by atoms with Crippen molar-refractivity contribution in [2.45, 2.75) is 26.2 Å². The van der Waals surface area contributed by atoms with Gasteiger partial charge in [0.05, 0.1) is 28.2 Å². The smallest absolute Gasteiger partial charge is 0.290 e. The lowest BCUT2D eigenvalue weighted by molar-refractivity contribution is -0.115. The summed E-state index contributed by atoms with van der Waals surface area (Å²) in [4.78, 5) is 23.2. The molecule has 0 radical (unpaired) electrons. The second kappa shape index (κ2) is 10.8. The second-order valence-electron chi connectivity index (χ2n) is 6.56. The van der Waals surface area contributed by atoms with Crippen molar-refractivity contribution < 1.29 is 19.1 Å². The quantitative estimate of drug-likeness (QED) is 0.357. The first kappa shape index (κ1) is 22.5. The Kier molecular flexibility index (Phi) is 8.08. The summed E-state index contributed by atoms with van der Waals surface area (Å²) in [6.45, 7) is 3.08. The Morgan fingerprint density at radius 3 is 2.43 bits per heavy atom. The molecular formula is C22H21Cl2NO4S. The summed E-state index contributed by atoms with van der Waals surface area (Å²) in [6, 6.07) is 10.9. The predicted molar refractivity (Wildman–Crippen MR) is 122 cm³/mol. The fraction of sp³-hybridized carbons (Fsp3) is 0.273. The molecule has 0 saturated carbocycles. The zero-order chi connectivity index (χ0) is 21.5. The number of imide groups is 1. The van der Waals surface area contributed by atoms with E-state index in [1.54, 1.807) is 12.1 Å². The molecule has 5 nitrogen and oxygen atoms in total. The van der Waals surface area contributed by atoms with Gasteiger partial charge in [0.25, 0.3) is 11.1 Å². The van der Waals surface area contributed by atoms with Crippen LogP contribution in [0.4, 0.5) is 4.79 Å². The highest BCUT2D eigenvalue weighted by atomic mass is 35.5. The number of nitrogens with one attached hydrogen (secondary N) is 1. The third-order valence-corrected chi connectivity index (χ3v) is 5.94. The molecule has 2 amide bonds. The van der Waals surface area contributed by atoms with Crippen molar-refractivity contribution in [2.75, 3.05) is 13.2 Å². The molecule has 3 rings (SSSR count). The van der Waals surface area contributed by atoms with Gasteiger partial charge in [-0.15, -0.1) is 0 Å². The number of rotatable bonds is 9. The molecule has 0 atom stereocenters. The maximum Gasteiger partial charge on any atom is 0.290 e. The van der Waals surface area contributed by atoms with E-state index in [2.05, 4.69) is 12.2 Å². The van der Waals surface area contributed by atoms with Crippen LogP contribution in [0, 0.1) is 0 Å². The number of ether oxygens (including phenoxy) is 2. The van der Waals surface area contributed by atoms with E-state index in [0.29, 0.717) is 34.6 Å². The molecular weight excluding hydrogens is 445 g/mol. The van der Waals surface area contributed by atoms with Crippen LogP contribution in [0.1, 0.15) is 30.9 Å². The first-order valence-corrected chi connectivity index (χ1v) is 11.1. The molecule has 0 unspecified atom stereocenters. The van der Waals surface area contributed by atoms with Crippen LogP contribution in [0.5, 0.6) is 11.5 Å². The van der Waals surface area contributed by atoms with Gasteiger partial charge in [-0.25, -0.2) is 0 Å². The lowest BCUT2D eigenvalue weighted by Gasteiger charge is -2.14. The molecule has 158 valence electrons. The normalized spacial score (nSPS) is 14.8. The van der Waals surface area contributed by atoms with E-state index in [0.717, 1.165) is 47.2 Å². The van der Waals surface area contributed by atoms with Gasteiger partial charge >= 0.3 is 0 Å². The van der Waals surface area contributed by atoms with E-state index < -0.39 is 0 Å². The summed E-state index contributed by atoms with van der Waals surface area (Å²) < 4.78 is 11.6. The van der Waals surface area contributed by atoms with Crippen molar-refractivity contribution in [2.24, 2.45) is 0 Å². The first-order valence-electron chi connectivity index (χ1n) is 9.55. The molecule has 0 bridgehead atoms. The van der Waals surface area contributed by atoms with Gasteiger partial charge in [0.15, 0.2) is 0 Å². The fourth-order valence-corrected chi connectivity index (χ4v) is 3.97. The molecule has 1 aliphatic heterocycles. The number of carbonyl (C=O) groups is 2. The molecule has 8 heteroatoms. The van der Waals surface area contributed by atoms with Crippen LogP contribution in [0.2, 0.25) is 10.0 Å². The number of amides is 2. The third kappa shape index (κ3) is 5.94. The molecule has 1 saturated heterocycles. The Hall–Kier alpha value is -2.15. The summed E-state index contributed by atoms with van der Waals surface area (Å²) in [5, 5.41) is 2.97. The topological polar surface area (TPSA) is 64.6 Å². The molecule has 0 spiro atoms. The highest BCUT2D eigenvalue weighted by Crippen LogP contribution is 2.34. The molecule has 1 heterocycles. The molecule has 1 fully saturated rings. The van der Waals surface area contributed by atoms with E-state index in [4.69, 9.17) is 32.7 Å². The number of thioether (sulfide) groups is 1. The van der Waals surface area contributed by atoms with Gasteiger partial charge in [0.1, 0.15) is 11.5 Å². The van der Waals surface area contributed by atoms with Crippen LogP contribution >= 0.6 is 35.0 Å². The maximum atomic E-state index is 11.6. The monoisotopic (exact) mass is 465 g/mol. The van der Waals surface area contributed by atoms with E-state index in [9.17, 15) is 9.59 Å². The summed E-state index contributed by atoms with van der Waals surface area (Å²) in [6.07, 6.45) is 4.14. The lowest BCUT2D eigenvalue weighted by atomic mass is 10.1. The number of halogens is 2. The number of hydrogen-bond donors (Lipinski definition) is 1. The van der Waals surface area contributed by atoms with E-state index in [1.807, 2.05) is 30.3 Å². The SMILES string of the molecule is CCCc1c(OCCCOc2ccc(/C=C3/SC(=O)NC3=O)cc2)ccc(Cl)c1Cl. The minimum atomic E-state index is -0.366. The minimum absolute atomic E-state index is 0.351. The summed E-state index contributed by atoms with van der Waals surface area (Å²) in [7, 11) is 0. The van der Waals surface area contributed by atoms with Crippen LogP contribution in [0.25, 0.3) is 6.08 Å². The number of benzene rings is 2. The van der Waals surface area contributed by atoms with E-state index >= 15 is 0 Å². The Bertz CT molecular complexity index is 960. The first-order chi connectivity index (χ1) is 14.5. The van der Waals surface area contributed by atoms with Crippen LogP contribution in [0.15, 0.2) is 41.3 Å². The van der Waals surface area contributed by atoms with E-state index in [1.165, 1.54) is 0 Å². The van der Waals surface area contributed by atoms with Gasteiger partial charge in [-0.1, -0.05) is 48.7 Å². The predicted octanol–water partition coefficient (Wildman–Crippen LogP) is 6.12. The highest BCUT2D eigenvalue weighted by molar-refractivity contribution is 8.18. The molecule has 2 aromatic rings. The zero-order valence-electron chi connectivity index (χ0n) is 16.4. The van der Waals surface area contributed by atoms with Crippen LogP contribution in [0.3, 0.4) is 0 Å². The van der Waals surface area contributed by atoms with Crippen molar-refractivity contribution in [1.29, 1.82) is 0 Å². The van der Waals surface area contributed by atoms with Crippen molar-refractivity contribution in [1.82, 2.24) is 5.32 Å². The van der Waals surface area contributed by atoms with Crippen LogP contribution in [-0.4, -0.2) is 24.4 Å². The van der Waals surface area contributed by atoms with Gasteiger partial charge < -0.3 is 9.47 Å². The maximum absolute atomic E-state index is 11.6. The zero-order valence-corrected chi connectivity index (χ0v) is 18.7. The Labute approximate surface area is 189 Å².